The summed E-state index contributed by atoms with van der Waals surface area (Å²) in [5.74, 6) is 0.999. The molecule has 2 rings (SSSR count). The Balaban J connectivity index is 2.13. The molecule has 0 aliphatic heterocycles. The molecule has 1 N–H and O–H groups in total. The van der Waals surface area contributed by atoms with Crippen molar-refractivity contribution in [3.63, 3.8) is 0 Å². The Morgan fingerprint density at radius 3 is 2.94 bits per heavy atom. The third kappa shape index (κ3) is 2.79. The highest BCUT2D eigenvalue weighted by Crippen LogP contribution is 2.09. The zero-order chi connectivity index (χ0) is 13.0. The van der Waals surface area contributed by atoms with Crippen LogP contribution in [0.4, 0.5) is 0 Å². The third-order valence-electron chi connectivity index (χ3n) is 2.93. The average Bonchev–Trinajstić information content (AvgIpc) is 2.96. The molecule has 18 heavy (non-hydrogen) atoms. The summed E-state index contributed by atoms with van der Waals surface area (Å²) in [6, 6.07) is 4.55. The van der Waals surface area contributed by atoms with Crippen LogP contribution in [-0.4, -0.2) is 25.9 Å². The molecule has 2 heterocycles. The van der Waals surface area contributed by atoms with Gasteiger partial charge >= 0.3 is 0 Å². The summed E-state index contributed by atoms with van der Waals surface area (Å²) in [6.45, 7) is 8.99. The monoisotopic (exact) mass is 247 g/mol. The second-order valence-electron chi connectivity index (χ2n) is 4.62. The first-order valence-electron chi connectivity index (χ1n) is 6.45. The summed E-state index contributed by atoms with van der Waals surface area (Å²) in [6.07, 6.45) is 3.72. The predicted molar refractivity (Wildman–Crippen MR) is 71.3 cm³/mol. The van der Waals surface area contributed by atoms with E-state index in [1.807, 2.05) is 4.68 Å². The van der Waals surface area contributed by atoms with Crippen LogP contribution in [0.25, 0.3) is 0 Å². The first kappa shape index (κ1) is 12.8. The molecule has 0 saturated heterocycles. The number of hydrogen-bond acceptors (Lipinski definition) is 3. The zero-order valence-corrected chi connectivity index (χ0v) is 11.3. The fraction of sp³-hybridized carbons (Fsp3) is 0.538. The van der Waals surface area contributed by atoms with Gasteiger partial charge in [-0.15, -0.1) is 0 Å². The van der Waals surface area contributed by atoms with Crippen LogP contribution >= 0.6 is 0 Å². The Hall–Kier alpha value is -1.62. The molecule has 0 amide bonds. The van der Waals surface area contributed by atoms with Gasteiger partial charge < -0.3 is 9.88 Å². The van der Waals surface area contributed by atoms with Crippen molar-refractivity contribution in [2.45, 2.75) is 39.9 Å². The van der Waals surface area contributed by atoms with E-state index in [1.54, 1.807) is 6.33 Å². The summed E-state index contributed by atoms with van der Waals surface area (Å²) in [5.41, 5.74) is 1.27. The average molecular weight is 247 g/mol. The number of nitrogens with one attached hydrogen (secondary N) is 1. The van der Waals surface area contributed by atoms with E-state index in [-0.39, 0.29) is 0 Å². The van der Waals surface area contributed by atoms with Crippen molar-refractivity contribution >= 4 is 0 Å². The molecule has 5 nitrogen and oxygen atoms in total. The largest absolute Gasteiger partial charge is 0.343 e. The van der Waals surface area contributed by atoms with Crippen molar-refractivity contribution in [3.8, 4) is 0 Å². The normalized spacial score (nSPS) is 11.3. The van der Waals surface area contributed by atoms with Crippen LogP contribution < -0.4 is 5.32 Å². The summed E-state index contributed by atoms with van der Waals surface area (Å²) >= 11 is 0. The summed E-state index contributed by atoms with van der Waals surface area (Å²) in [4.78, 5) is 4.34. The molecular weight excluding hydrogens is 226 g/mol. The molecule has 0 unspecified atom stereocenters. The molecule has 0 radical (unpaired) electrons. The highest BCUT2D eigenvalue weighted by molar-refractivity contribution is 5.08. The molecular formula is C13H21N5. The molecule has 5 heteroatoms. The van der Waals surface area contributed by atoms with Crippen molar-refractivity contribution in [2.75, 3.05) is 6.54 Å². The van der Waals surface area contributed by atoms with E-state index < -0.39 is 0 Å². The molecule has 2 aromatic rings. The first-order chi connectivity index (χ1) is 8.72. The molecule has 98 valence electrons. The molecule has 0 aliphatic rings. The Morgan fingerprint density at radius 2 is 2.22 bits per heavy atom. The number of nitrogens with zero attached hydrogens (tertiary/aromatic N) is 4. The van der Waals surface area contributed by atoms with E-state index in [1.165, 1.54) is 5.69 Å². The maximum atomic E-state index is 4.34. The van der Waals surface area contributed by atoms with Crippen LogP contribution in [0.1, 0.15) is 38.3 Å². The number of aromatic nitrogens is 4. The van der Waals surface area contributed by atoms with Gasteiger partial charge in [-0.05, 0) is 32.5 Å². The van der Waals surface area contributed by atoms with Gasteiger partial charge in [0.2, 0.25) is 0 Å². The second kappa shape index (κ2) is 5.82. The van der Waals surface area contributed by atoms with Crippen LogP contribution in [0.2, 0.25) is 0 Å². The minimum absolute atomic E-state index is 0.343. The van der Waals surface area contributed by atoms with Gasteiger partial charge in [-0.3, -0.25) is 0 Å². The predicted octanol–water partition coefficient (Wildman–Crippen LogP) is 1.82. The van der Waals surface area contributed by atoms with Gasteiger partial charge in [0.15, 0.2) is 0 Å². The second-order valence-corrected chi connectivity index (χ2v) is 4.62. The van der Waals surface area contributed by atoms with Crippen molar-refractivity contribution in [3.05, 3.63) is 36.2 Å². The lowest BCUT2D eigenvalue weighted by Gasteiger charge is -2.12. The van der Waals surface area contributed by atoms with E-state index in [0.717, 1.165) is 25.5 Å². The summed E-state index contributed by atoms with van der Waals surface area (Å²) in [5, 5.41) is 7.61. The van der Waals surface area contributed by atoms with Crippen LogP contribution in [0.15, 0.2) is 24.7 Å². The first-order valence-corrected chi connectivity index (χ1v) is 6.45. The van der Waals surface area contributed by atoms with E-state index >= 15 is 0 Å². The molecule has 0 bridgehead atoms. The highest BCUT2D eigenvalue weighted by atomic mass is 15.4. The van der Waals surface area contributed by atoms with Crippen LogP contribution in [0, 0.1) is 0 Å². The van der Waals surface area contributed by atoms with Gasteiger partial charge in [0.05, 0.1) is 6.54 Å². The Morgan fingerprint density at radius 1 is 1.39 bits per heavy atom. The van der Waals surface area contributed by atoms with Crippen molar-refractivity contribution in [1.82, 2.24) is 24.6 Å². The van der Waals surface area contributed by atoms with Crippen molar-refractivity contribution in [1.29, 1.82) is 0 Å². The van der Waals surface area contributed by atoms with E-state index in [4.69, 9.17) is 0 Å². The molecule has 0 aliphatic carbocycles. The van der Waals surface area contributed by atoms with Crippen LogP contribution in [-0.2, 0) is 13.1 Å². The molecule has 0 aromatic carbocycles. The minimum Gasteiger partial charge on any atom is -0.343 e. The van der Waals surface area contributed by atoms with Gasteiger partial charge in [-0.2, -0.15) is 5.10 Å². The summed E-state index contributed by atoms with van der Waals surface area (Å²) in [7, 11) is 0. The van der Waals surface area contributed by atoms with Gasteiger partial charge in [-0.1, -0.05) is 6.92 Å². The molecule has 0 saturated carbocycles. The van der Waals surface area contributed by atoms with Crippen molar-refractivity contribution in [2.24, 2.45) is 0 Å². The maximum Gasteiger partial charge on any atom is 0.147 e. The smallest absolute Gasteiger partial charge is 0.147 e. The lowest BCUT2D eigenvalue weighted by Crippen LogP contribution is -2.17. The lowest BCUT2D eigenvalue weighted by molar-refractivity contribution is 0.493. The Kier molecular flexibility index (Phi) is 4.15. The fourth-order valence-electron chi connectivity index (χ4n) is 1.99. The van der Waals surface area contributed by atoms with Gasteiger partial charge in [0, 0.05) is 24.5 Å². The SMILES string of the molecule is CCNCc1cccn1Cc1ncnn1C(C)C. The van der Waals surface area contributed by atoms with Crippen molar-refractivity contribution < 1.29 is 0 Å². The fourth-order valence-corrected chi connectivity index (χ4v) is 1.99. The lowest BCUT2D eigenvalue weighted by atomic mass is 10.4. The molecule has 0 atom stereocenters. The maximum absolute atomic E-state index is 4.34. The van der Waals surface area contributed by atoms with Crippen LogP contribution in [0.5, 0.6) is 0 Å². The third-order valence-corrected chi connectivity index (χ3v) is 2.93. The topological polar surface area (TPSA) is 47.7 Å². The minimum atomic E-state index is 0.343. The van der Waals surface area contributed by atoms with E-state index in [2.05, 4.69) is 59.1 Å². The zero-order valence-electron chi connectivity index (χ0n) is 11.3. The molecule has 2 aromatic heterocycles. The van der Waals surface area contributed by atoms with Crippen LogP contribution in [0.3, 0.4) is 0 Å². The van der Waals surface area contributed by atoms with E-state index in [0.29, 0.717) is 6.04 Å². The number of hydrogen-bond donors (Lipinski definition) is 1. The Bertz CT molecular complexity index is 483. The highest BCUT2D eigenvalue weighted by Gasteiger charge is 2.09. The summed E-state index contributed by atoms with van der Waals surface area (Å²) < 4.78 is 4.18. The van der Waals surface area contributed by atoms with Gasteiger partial charge in [0.1, 0.15) is 12.2 Å². The number of rotatable bonds is 6. The Labute approximate surface area is 108 Å². The molecule has 0 fully saturated rings. The molecule has 0 spiro atoms. The standard InChI is InChI=1S/C13H21N5/c1-4-14-8-12-6-5-7-17(12)9-13-15-10-16-18(13)11(2)3/h5-7,10-11,14H,4,8-9H2,1-3H3. The quantitative estimate of drug-likeness (QED) is 0.847. The van der Waals surface area contributed by atoms with E-state index in [9.17, 15) is 0 Å². The van der Waals surface area contributed by atoms with Gasteiger partial charge in [-0.25, -0.2) is 9.67 Å². The van der Waals surface area contributed by atoms with Gasteiger partial charge in [0.25, 0.3) is 0 Å².